The zero-order valence-electron chi connectivity index (χ0n) is 13.3. The van der Waals surface area contributed by atoms with Crippen molar-refractivity contribution in [3.63, 3.8) is 0 Å². The summed E-state index contributed by atoms with van der Waals surface area (Å²) in [5.41, 5.74) is 2.12. The van der Waals surface area contributed by atoms with Gasteiger partial charge in [0.2, 0.25) is 5.95 Å². The molecule has 5 nitrogen and oxygen atoms in total. The van der Waals surface area contributed by atoms with Crippen LogP contribution in [-0.4, -0.2) is 22.9 Å². The number of nitrogens with one attached hydrogen (secondary N) is 1. The molecule has 2 aromatic carbocycles. The molecule has 5 heteroatoms. The number of hydrogen-bond acceptors (Lipinski definition) is 5. The van der Waals surface area contributed by atoms with Gasteiger partial charge in [-0.15, -0.1) is 0 Å². The van der Waals surface area contributed by atoms with Crippen LogP contribution in [-0.2, 0) is 6.54 Å². The number of carbonyl (C=O) groups is 1. The highest BCUT2D eigenvalue weighted by Crippen LogP contribution is 2.16. The van der Waals surface area contributed by atoms with E-state index in [-0.39, 0.29) is 5.78 Å². The van der Waals surface area contributed by atoms with Crippen molar-refractivity contribution >= 4 is 11.7 Å². The van der Waals surface area contributed by atoms with Crippen molar-refractivity contribution in [3.8, 4) is 5.75 Å². The van der Waals surface area contributed by atoms with Gasteiger partial charge in [0, 0.05) is 24.5 Å². The molecule has 0 radical (unpaired) electrons. The highest BCUT2D eigenvalue weighted by Gasteiger charge is 2.11. The maximum absolute atomic E-state index is 12.4. The Labute approximate surface area is 140 Å². The molecule has 24 heavy (non-hydrogen) atoms. The number of methoxy groups -OCH3 is 1. The lowest BCUT2D eigenvalue weighted by Gasteiger charge is -2.06. The summed E-state index contributed by atoms with van der Waals surface area (Å²) >= 11 is 0. The van der Waals surface area contributed by atoms with E-state index >= 15 is 0 Å². The average Bonchev–Trinajstić information content (AvgIpc) is 2.67. The summed E-state index contributed by atoms with van der Waals surface area (Å²) in [6.45, 7) is 0.629. The third-order valence-corrected chi connectivity index (χ3v) is 3.54. The van der Waals surface area contributed by atoms with Crippen LogP contribution in [0.5, 0.6) is 5.75 Å². The number of aromatic nitrogens is 2. The van der Waals surface area contributed by atoms with Gasteiger partial charge in [0.1, 0.15) is 5.75 Å². The molecule has 0 aliphatic carbocycles. The molecule has 0 fully saturated rings. The number of nitrogens with zero attached hydrogens (tertiary/aromatic N) is 2. The topological polar surface area (TPSA) is 64.1 Å². The first-order valence-corrected chi connectivity index (χ1v) is 7.55. The number of rotatable bonds is 6. The Morgan fingerprint density at radius 3 is 2.46 bits per heavy atom. The lowest BCUT2D eigenvalue weighted by Crippen LogP contribution is -2.07. The minimum Gasteiger partial charge on any atom is -0.497 e. The van der Waals surface area contributed by atoms with Gasteiger partial charge in [0.05, 0.1) is 12.7 Å². The van der Waals surface area contributed by atoms with Gasteiger partial charge in [0.25, 0.3) is 0 Å². The van der Waals surface area contributed by atoms with Gasteiger partial charge < -0.3 is 10.1 Å². The van der Waals surface area contributed by atoms with Crippen LogP contribution in [0.25, 0.3) is 0 Å². The largest absolute Gasteiger partial charge is 0.497 e. The molecule has 1 N–H and O–H groups in total. The van der Waals surface area contributed by atoms with Crippen molar-refractivity contribution in [2.45, 2.75) is 6.54 Å². The van der Waals surface area contributed by atoms with Crippen LogP contribution in [0.15, 0.2) is 67.0 Å². The molecule has 1 aromatic heterocycles. The maximum Gasteiger partial charge on any atom is 0.222 e. The number of benzene rings is 2. The summed E-state index contributed by atoms with van der Waals surface area (Å²) in [5.74, 6) is 0.993. The SMILES string of the molecule is COc1cccc(C(=O)c2cnc(NCc3ccccc3)nc2)c1. The van der Waals surface area contributed by atoms with E-state index in [1.165, 1.54) is 12.4 Å². The van der Waals surface area contributed by atoms with Gasteiger partial charge >= 0.3 is 0 Å². The third kappa shape index (κ3) is 3.76. The predicted molar refractivity (Wildman–Crippen MR) is 92.2 cm³/mol. The van der Waals surface area contributed by atoms with Crippen molar-refractivity contribution < 1.29 is 9.53 Å². The summed E-state index contributed by atoms with van der Waals surface area (Å²) < 4.78 is 5.14. The lowest BCUT2D eigenvalue weighted by molar-refractivity contribution is 0.103. The minimum absolute atomic E-state index is 0.136. The molecule has 0 atom stereocenters. The first-order valence-electron chi connectivity index (χ1n) is 7.55. The fourth-order valence-electron chi connectivity index (χ4n) is 2.24. The molecule has 0 spiro atoms. The van der Waals surface area contributed by atoms with Crippen LogP contribution in [0.2, 0.25) is 0 Å². The number of anilines is 1. The summed E-state index contributed by atoms with van der Waals surface area (Å²) in [5, 5.41) is 3.13. The molecule has 0 aliphatic rings. The number of carbonyl (C=O) groups excluding carboxylic acids is 1. The molecular formula is C19H17N3O2. The average molecular weight is 319 g/mol. The van der Waals surface area contributed by atoms with E-state index in [1.807, 2.05) is 30.3 Å². The molecular weight excluding hydrogens is 302 g/mol. The summed E-state index contributed by atoms with van der Waals surface area (Å²) in [4.78, 5) is 20.9. The molecule has 120 valence electrons. The fourth-order valence-corrected chi connectivity index (χ4v) is 2.24. The second kappa shape index (κ2) is 7.37. The van der Waals surface area contributed by atoms with E-state index in [2.05, 4.69) is 15.3 Å². The Balaban J connectivity index is 1.68. The van der Waals surface area contributed by atoms with Gasteiger partial charge in [-0.25, -0.2) is 9.97 Å². The molecule has 3 rings (SSSR count). The second-order valence-corrected chi connectivity index (χ2v) is 5.20. The number of ketones is 1. The highest BCUT2D eigenvalue weighted by atomic mass is 16.5. The van der Waals surface area contributed by atoms with Crippen LogP contribution in [0.4, 0.5) is 5.95 Å². The van der Waals surface area contributed by atoms with Crippen LogP contribution < -0.4 is 10.1 Å². The molecule has 0 saturated heterocycles. The van der Waals surface area contributed by atoms with Gasteiger partial charge in [-0.1, -0.05) is 42.5 Å². The predicted octanol–water partition coefficient (Wildman–Crippen LogP) is 3.33. The molecule has 0 saturated carbocycles. The van der Waals surface area contributed by atoms with Gasteiger partial charge in [0.15, 0.2) is 5.78 Å². The van der Waals surface area contributed by atoms with Gasteiger partial charge in [-0.05, 0) is 17.7 Å². The Morgan fingerprint density at radius 1 is 1.00 bits per heavy atom. The third-order valence-electron chi connectivity index (χ3n) is 3.54. The first kappa shape index (κ1) is 15.7. The van der Waals surface area contributed by atoms with Gasteiger partial charge in [-0.2, -0.15) is 0 Å². The molecule has 3 aromatic rings. The van der Waals surface area contributed by atoms with E-state index in [4.69, 9.17) is 4.74 Å². The van der Waals surface area contributed by atoms with Crippen molar-refractivity contribution in [3.05, 3.63) is 83.7 Å². The zero-order chi connectivity index (χ0) is 16.8. The number of hydrogen-bond donors (Lipinski definition) is 1. The summed E-state index contributed by atoms with van der Waals surface area (Å²) in [6.07, 6.45) is 3.06. The van der Waals surface area contributed by atoms with E-state index in [0.29, 0.717) is 29.4 Å². The molecule has 0 unspecified atom stereocenters. The molecule has 0 bridgehead atoms. The lowest BCUT2D eigenvalue weighted by atomic mass is 10.1. The Morgan fingerprint density at radius 2 is 1.75 bits per heavy atom. The zero-order valence-corrected chi connectivity index (χ0v) is 13.3. The van der Waals surface area contributed by atoms with E-state index < -0.39 is 0 Å². The smallest absolute Gasteiger partial charge is 0.222 e. The number of ether oxygens (including phenoxy) is 1. The van der Waals surface area contributed by atoms with Crippen molar-refractivity contribution in [2.24, 2.45) is 0 Å². The Hall–Kier alpha value is -3.21. The second-order valence-electron chi connectivity index (χ2n) is 5.20. The molecule has 0 amide bonds. The van der Waals surface area contributed by atoms with Crippen LogP contribution in [0.3, 0.4) is 0 Å². The van der Waals surface area contributed by atoms with E-state index in [0.717, 1.165) is 5.56 Å². The highest BCUT2D eigenvalue weighted by molar-refractivity contribution is 6.08. The summed E-state index contributed by atoms with van der Waals surface area (Å²) in [7, 11) is 1.57. The van der Waals surface area contributed by atoms with Crippen LogP contribution in [0.1, 0.15) is 21.5 Å². The fraction of sp³-hybridized carbons (Fsp3) is 0.105. The minimum atomic E-state index is -0.136. The normalized spacial score (nSPS) is 10.2. The van der Waals surface area contributed by atoms with Crippen molar-refractivity contribution in [2.75, 3.05) is 12.4 Å². The van der Waals surface area contributed by atoms with Crippen molar-refractivity contribution in [1.82, 2.24) is 9.97 Å². The molecule has 0 aliphatic heterocycles. The van der Waals surface area contributed by atoms with E-state index in [9.17, 15) is 4.79 Å². The van der Waals surface area contributed by atoms with Crippen molar-refractivity contribution in [1.29, 1.82) is 0 Å². The quantitative estimate of drug-likeness (QED) is 0.706. The Kier molecular flexibility index (Phi) is 4.81. The first-order chi connectivity index (χ1) is 11.8. The standard InChI is InChI=1S/C19H17N3O2/c1-24-17-9-5-8-15(10-17)18(23)16-12-21-19(22-13-16)20-11-14-6-3-2-4-7-14/h2-10,12-13H,11H2,1H3,(H,20,21,22). The van der Waals surface area contributed by atoms with Crippen LogP contribution in [0, 0.1) is 0 Å². The van der Waals surface area contributed by atoms with Crippen LogP contribution >= 0.6 is 0 Å². The van der Waals surface area contributed by atoms with E-state index in [1.54, 1.807) is 31.4 Å². The molecule has 1 heterocycles. The maximum atomic E-state index is 12.4. The van der Waals surface area contributed by atoms with Gasteiger partial charge in [-0.3, -0.25) is 4.79 Å². The Bertz CT molecular complexity index is 818. The monoisotopic (exact) mass is 319 g/mol. The summed E-state index contributed by atoms with van der Waals surface area (Å²) in [6, 6.07) is 17.0.